The summed E-state index contributed by atoms with van der Waals surface area (Å²) in [7, 11) is -15.0. The molecule has 0 saturated carbocycles. The predicted octanol–water partition coefficient (Wildman–Crippen LogP) is 0.0764. The summed E-state index contributed by atoms with van der Waals surface area (Å²) in [6.45, 7) is 0. The average molecular weight is 446 g/mol. The molecule has 0 unspecified atom stereocenters. The zero-order chi connectivity index (χ0) is 19.2. The molecule has 0 aromatic carbocycles. The van der Waals surface area contributed by atoms with E-state index in [1.165, 1.54) is 0 Å². The number of rotatable bonds is 6. The van der Waals surface area contributed by atoms with Crippen LogP contribution in [-0.4, -0.2) is 60.8 Å². The van der Waals surface area contributed by atoms with Crippen LogP contribution in [0.15, 0.2) is 34.5 Å². The summed E-state index contributed by atoms with van der Waals surface area (Å²) < 4.78 is 97.3. The molecule has 14 heteroatoms. The minimum atomic E-state index is -4.48. The first kappa shape index (κ1) is 19.9. The fourth-order valence-electron chi connectivity index (χ4n) is 2.41. The Morgan fingerprint density at radius 1 is 0.615 bits per heavy atom. The highest BCUT2D eigenvalue weighted by Crippen LogP contribution is 2.54. The van der Waals surface area contributed by atoms with Crippen LogP contribution in [0.4, 0.5) is 0 Å². The Hall–Kier alpha value is -0.820. The number of phosphoric acid groups is 1. The van der Waals surface area contributed by atoms with E-state index in [0.717, 1.165) is 34.5 Å². The van der Waals surface area contributed by atoms with E-state index in [-0.39, 0.29) is 0 Å². The molecule has 0 aliphatic carbocycles. The summed E-state index contributed by atoms with van der Waals surface area (Å²) in [5.74, 6) is -1.45. The second kappa shape index (κ2) is 6.66. The topological polar surface area (TPSA) is 147 Å². The Labute approximate surface area is 150 Å². The summed E-state index contributed by atoms with van der Waals surface area (Å²) in [4.78, 5) is 0. The summed E-state index contributed by atoms with van der Waals surface area (Å²) in [6, 6.07) is 0. The van der Waals surface area contributed by atoms with Gasteiger partial charge in [-0.15, -0.1) is 0 Å². The molecule has 3 aliphatic rings. The third-order valence-corrected chi connectivity index (χ3v) is 9.17. The molecule has 3 aliphatic heterocycles. The largest absolute Gasteiger partial charge is 0.476 e. The van der Waals surface area contributed by atoms with Gasteiger partial charge in [-0.25, -0.2) is 29.8 Å². The molecule has 0 N–H and O–H groups in total. The number of sulfone groups is 3. The minimum Gasteiger partial charge on any atom is -0.278 e. The van der Waals surface area contributed by atoms with Gasteiger partial charge in [0, 0.05) is 16.2 Å². The number of phosphoric ester groups is 1. The van der Waals surface area contributed by atoms with Crippen molar-refractivity contribution in [3.63, 3.8) is 0 Å². The molecule has 0 bridgehead atoms. The highest BCUT2D eigenvalue weighted by Gasteiger charge is 2.41. The normalized spacial score (nSPS) is 33.8. The van der Waals surface area contributed by atoms with E-state index >= 15 is 0 Å². The average Bonchev–Trinajstić information content (AvgIpc) is 3.07. The van der Waals surface area contributed by atoms with Gasteiger partial charge in [-0.2, -0.15) is 0 Å². The molecule has 146 valence electrons. The molecule has 0 aromatic heterocycles. The molecule has 3 heterocycles. The maximum absolute atomic E-state index is 13.0. The monoisotopic (exact) mass is 446 g/mol. The molecule has 0 saturated heterocycles. The summed E-state index contributed by atoms with van der Waals surface area (Å²) in [5, 5.41) is 2.67. The van der Waals surface area contributed by atoms with Gasteiger partial charge in [0.15, 0.2) is 29.5 Å². The summed E-state index contributed by atoms with van der Waals surface area (Å²) in [6.07, 6.45) is 0.0605. The van der Waals surface area contributed by atoms with Gasteiger partial charge in [0.05, 0.1) is 17.3 Å². The van der Waals surface area contributed by atoms with Gasteiger partial charge in [-0.3, -0.25) is 13.6 Å². The maximum atomic E-state index is 13.0. The molecule has 0 aromatic rings. The van der Waals surface area contributed by atoms with Crippen LogP contribution in [0.3, 0.4) is 0 Å². The number of hydrogen-bond acceptors (Lipinski definition) is 10. The van der Waals surface area contributed by atoms with Crippen LogP contribution in [0.2, 0.25) is 0 Å². The van der Waals surface area contributed by atoms with Crippen molar-refractivity contribution in [1.82, 2.24) is 0 Å². The fourth-order valence-corrected chi connectivity index (χ4v) is 7.78. The Morgan fingerprint density at radius 2 is 0.885 bits per heavy atom. The minimum absolute atomic E-state index is 0.485. The van der Waals surface area contributed by atoms with Crippen LogP contribution in [-0.2, 0) is 47.6 Å². The Bertz CT molecular complexity index is 902. The van der Waals surface area contributed by atoms with E-state index in [2.05, 4.69) is 0 Å². The lowest BCUT2D eigenvalue weighted by Gasteiger charge is -2.24. The third kappa shape index (κ3) is 5.12. The second-order valence-corrected chi connectivity index (χ2v) is 13.2. The molecule has 0 amide bonds. The lowest BCUT2D eigenvalue weighted by Crippen LogP contribution is -2.23. The van der Waals surface area contributed by atoms with Gasteiger partial charge >= 0.3 is 7.82 Å². The van der Waals surface area contributed by atoms with Crippen LogP contribution < -0.4 is 0 Å². The molecule has 3 atom stereocenters. The highest BCUT2D eigenvalue weighted by atomic mass is 32.2. The highest BCUT2D eigenvalue weighted by molar-refractivity contribution is 7.95. The van der Waals surface area contributed by atoms with E-state index < -0.39 is 72.9 Å². The zero-order valence-electron chi connectivity index (χ0n) is 13.1. The van der Waals surface area contributed by atoms with Crippen molar-refractivity contribution in [2.24, 2.45) is 0 Å². The predicted molar refractivity (Wildman–Crippen MR) is 91.0 cm³/mol. The van der Waals surface area contributed by atoms with Gasteiger partial charge in [0.25, 0.3) is 0 Å². The van der Waals surface area contributed by atoms with Crippen molar-refractivity contribution < 1.29 is 43.4 Å². The van der Waals surface area contributed by atoms with E-state index in [4.69, 9.17) is 13.6 Å². The lowest BCUT2D eigenvalue weighted by atomic mass is 10.4. The van der Waals surface area contributed by atoms with Crippen molar-refractivity contribution in [2.75, 3.05) is 17.3 Å². The third-order valence-electron chi connectivity index (χ3n) is 3.48. The van der Waals surface area contributed by atoms with Crippen LogP contribution in [0, 0.1) is 0 Å². The number of hydrogen-bond donors (Lipinski definition) is 0. The van der Waals surface area contributed by atoms with Crippen molar-refractivity contribution >= 4 is 37.3 Å². The first-order chi connectivity index (χ1) is 11.9. The van der Waals surface area contributed by atoms with Crippen molar-refractivity contribution in [1.29, 1.82) is 0 Å². The van der Waals surface area contributed by atoms with E-state index in [1.807, 2.05) is 0 Å². The molecule has 3 rings (SSSR count). The summed E-state index contributed by atoms with van der Waals surface area (Å²) >= 11 is 0. The van der Waals surface area contributed by atoms with Crippen molar-refractivity contribution in [3.05, 3.63) is 34.5 Å². The molecule has 26 heavy (non-hydrogen) atoms. The van der Waals surface area contributed by atoms with Gasteiger partial charge in [0.1, 0.15) is 18.3 Å². The molecule has 0 spiro atoms. The zero-order valence-corrected chi connectivity index (χ0v) is 16.4. The summed E-state index contributed by atoms with van der Waals surface area (Å²) in [5.41, 5.74) is 0. The standard InChI is InChI=1S/C12H15O10PS3/c13-23(20-10-1-4-24(14,15)7-10,21-11-2-5-25(16,17)8-11)22-12-3-6-26(18,19)9-12/h1-6,10-12H,7-9H2/t10-,11-,12+/m0/s1. The van der Waals surface area contributed by atoms with Crippen molar-refractivity contribution in [2.45, 2.75) is 18.3 Å². The quantitative estimate of drug-likeness (QED) is 0.514. The van der Waals surface area contributed by atoms with Gasteiger partial charge in [-0.05, 0) is 18.2 Å². The first-order valence-corrected chi connectivity index (χ1v) is 13.8. The molecular formula is C12H15O10PS3. The fraction of sp³-hybridized carbons (Fsp3) is 0.500. The molecule has 0 fully saturated rings. The molecule has 0 radical (unpaired) electrons. The van der Waals surface area contributed by atoms with E-state index in [1.54, 1.807) is 0 Å². The van der Waals surface area contributed by atoms with Gasteiger partial charge in [-0.1, -0.05) is 0 Å². The van der Waals surface area contributed by atoms with E-state index in [9.17, 15) is 29.8 Å². The van der Waals surface area contributed by atoms with Crippen LogP contribution in [0.25, 0.3) is 0 Å². The lowest BCUT2D eigenvalue weighted by molar-refractivity contribution is 0.0786. The Balaban J connectivity index is 1.77. The second-order valence-electron chi connectivity index (χ2n) is 5.85. The SMILES string of the molecule is O=P(O[C@@H]1C=CS(=O)(=O)C1)(O[C@H]1C=CS(=O)(=O)C1)O[C@H]1C=CS(=O)(=O)C1. The van der Waals surface area contributed by atoms with Crippen LogP contribution in [0.1, 0.15) is 0 Å². The smallest absolute Gasteiger partial charge is 0.278 e. The Kier molecular flexibility index (Phi) is 5.10. The molecular weight excluding hydrogens is 431 g/mol. The van der Waals surface area contributed by atoms with Crippen LogP contribution in [0.5, 0.6) is 0 Å². The first-order valence-electron chi connectivity index (χ1n) is 7.24. The Morgan fingerprint density at radius 3 is 1.08 bits per heavy atom. The maximum Gasteiger partial charge on any atom is 0.476 e. The molecule has 10 nitrogen and oxygen atoms in total. The van der Waals surface area contributed by atoms with Gasteiger partial charge < -0.3 is 0 Å². The van der Waals surface area contributed by atoms with Crippen molar-refractivity contribution in [3.8, 4) is 0 Å². The van der Waals surface area contributed by atoms with Crippen LogP contribution >= 0.6 is 7.82 Å². The van der Waals surface area contributed by atoms with E-state index in [0.29, 0.717) is 0 Å². The van der Waals surface area contributed by atoms with Gasteiger partial charge in [0.2, 0.25) is 0 Å².